The number of hydrogen-bond acceptors (Lipinski definition) is 4. The van der Waals surface area contributed by atoms with Gasteiger partial charge in [0.25, 0.3) is 0 Å². The summed E-state index contributed by atoms with van der Waals surface area (Å²) in [5, 5.41) is 3.51. The number of halogens is 1. The summed E-state index contributed by atoms with van der Waals surface area (Å²) in [4.78, 5) is 12.7. The van der Waals surface area contributed by atoms with Gasteiger partial charge >= 0.3 is 0 Å². The second kappa shape index (κ2) is 7.31. The normalized spacial score (nSPS) is 12.3. The van der Waals surface area contributed by atoms with Gasteiger partial charge in [-0.3, -0.25) is 15.0 Å². The fraction of sp³-hybridized carbons (Fsp3) is 0.357. The molecule has 1 N–H and O–H groups in total. The SMILES string of the molecule is CCCNC(Cc1cncc(Br)c1)c1cnccn1. The van der Waals surface area contributed by atoms with Crippen molar-refractivity contribution in [1.29, 1.82) is 0 Å². The van der Waals surface area contributed by atoms with E-state index < -0.39 is 0 Å². The van der Waals surface area contributed by atoms with Gasteiger partial charge in [-0.15, -0.1) is 0 Å². The molecule has 0 aliphatic carbocycles. The summed E-state index contributed by atoms with van der Waals surface area (Å²) in [7, 11) is 0. The third-order valence-corrected chi connectivity index (χ3v) is 3.22. The Morgan fingerprint density at radius 1 is 1.21 bits per heavy atom. The molecule has 0 amide bonds. The quantitative estimate of drug-likeness (QED) is 0.889. The average molecular weight is 321 g/mol. The molecule has 1 atom stereocenters. The lowest BCUT2D eigenvalue weighted by molar-refractivity contribution is 0.515. The summed E-state index contributed by atoms with van der Waals surface area (Å²) in [6.07, 6.45) is 10.9. The Balaban J connectivity index is 2.14. The Morgan fingerprint density at radius 2 is 2.11 bits per heavy atom. The molecule has 5 heteroatoms. The van der Waals surface area contributed by atoms with Crippen LogP contribution in [0.15, 0.2) is 41.5 Å². The highest BCUT2D eigenvalue weighted by molar-refractivity contribution is 9.10. The predicted molar refractivity (Wildman–Crippen MR) is 78.7 cm³/mol. The van der Waals surface area contributed by atoms with Crippen molar-refractivity contribution < 1.29 is 0 Å². The summed E-state index contributed by atoms with van der Waals surface area (Å²) < 4.78 is 0.999. The molecule has 2 aromatic rings. The first-order chi connectivity index (χ1) is 9.29. The maximum absolute atomic E-state index is 4.39. The van der Waals surface area contributed by atoms with Crippen molar-refractivity contribution in [3.05, 3.63) is 52.8 Å². The molecule has 0 fully saturated rings. The first-order valence-electron chi connectivity index (χ1n) is 6.38. The highest BCUT2D eigenvalue weighted by atomic mass is 79.9. The third kappa shape index (κ3) is 4.36. The van der Waals surface area contributed by atoms with E-state index in [1.165, 1.54) is 5.56 Å². The van der Waals surface area contributed by atoms with Crippen LogP contribution in [0.3, 0.4) is 0 Å². The van der Waals surface area contributed by atoms with Crippen LogP contribution in [-0.4, -0.2) is 21.5 Å². The molecule has 0 spiro atoms. The van der Waals surface area contributed by atoms with E-state index in [1.54, 1.807) is 18.6 Å². The van der Waals surface area contributed by atoms with Crippen LogP contribution in [-0.2, 0) is 6.42 Å². The lowest BCUT2D eigenvalue weighted by atomic mass is 10.1. The Bertz CT molecular complexity index is 504. The minimum atomic E-state index is 0.171. The zero-order valence-corrected chi connectivity index (χ0v) is 12.5. The Labute approximate surface area is 121 Å². The van der Waals surface area contributed by atoms with Crippen molar-refractivity contribution in [3.8, 4) is 0 Å². The molecule has 2 rings (SSSR count). The van der Waals surface area contributed by atoms with Crippen LogP contribution in [0, 0.1) is 0 Å². The van der Waals surface area contributed by atoms with Gasteiger partial charge in [0, 0.05) is 35.5 Å². The number of nitrogens with zero attached hydrogens (tertiary/aromatic N) is 3. The van der Waals surface area contributed by atoms with Crippen LogP contribution in [0.25, 0.3) is 0 Å². The summed E-state index contributed by atoms with van der Waals surface area (Å²) in [5.74, 6) is 0. The van der Waals surface area contributed by atoms with Gasteiger partial charge in [0.1, 0.15) is 0 Å². The van der Waals surface area contributed by atoms with Crippen molar-refractivity contribution in [3.63, 3.8) is 0 Å². The largest absolute Gasteiger partial charge is 0.308 e. The van der Waals surface area contributed by atoms with Crippen molar-refractivity contribution in [2.75, 3.05) is 6.54 Å². The standard InChI is InChI=1S/C14H17BrN4/c1-2-3-18-13(14-10-16-4-5-19-14)7-11-6-12(15)9-17-8-11/h4-6,8-10,13,18H,2-3,7H2,1H3. The van der Waals surface area contributed by atoms with E-state index in [9.17, 15) is 0 Å². The van der Waals surface area contributed by atoms with Crippen molar-refractivity contribution in [2.24, 2.45) is 0 Å². The van der Waals surface area contributed by atoms with Crippen molar-refractivity contribution in [2.45, 2.75) is 25.8 Å². The van der Waals surface area contributed by atoms with Crippen LogP contribution in [0.4, 0.5) is 0 Å². The first kappa shape index (κ1) is 14.1. The minimum absolute atomic E-state index is 0.171. The number of rotatable bonds is 6. The molecule has 2 aromatic heterocycles. The molecule has 19 heavy (non-hydrogen) atoms. The monoisotopic (exact) mass is 320 g/mol. The summed E-state index contributed by atoms with van der Waals surface area (Å²) in [6.45, 7) is 3.12. The maximum Gasteiger partial charge on any atom is 0.0759 e. The molecule has 2 heterocycles. The molecule has 4 nitrogen and oxygen atoms in total. The Hall–Kier alpha value is -1.33. The second-order valence-electron chi connectivity index (χ2n) is 4.35. The summed E-state index contributed by atoms with van der Waals surface area (Å²) in [5.41, 5.74) is 2.14. The van der Waals surface area contributed by atoms with E-state index in [2.05, 4.69) is 49.2 Å². The average Bonchev–Trinajstić information content (AvgIpc) is 2.44. The molecule has 0 bridgehead atoms. The molecule has 100 valence electrons. The maximum atomic E-state index is 4.39. The van der Waals surface area contributed by atoms with Gasteiger partial charge in [0.05, 0.1) is 11.7 Å². The molecule has 0 saturated carbocycles. The van der Waals surface area contributed by atoms with Gasteiger partial charge in [-0.25, -0.2) is 0 Å². The van der Waals surface area contributed by atoms with E-state index in [0.29, 0.717) is 0 Å². The highest BCUT2D eigenvalue weighted by Crippen LogP contribution is 2.18. The van der Waals surface area contributed by atoms with Gasteiger partial charge in [-0.2, -0.15) is 0 Å². The van der Waals surface area contributed by atoms with Crippen LogP contribution < -0.4 is 5.32 Å². The first-order valence-corrected chi connectivity index (χ1v) is 7.17. The molecular weight excluding hydrogens is 304 g/mol. The van der Waals surface area contributed by atoms with E-state index in [1.807, 2.05) is 12.4 Å². The highest BCUT2D eigenvalue weighted by Gasteiger charge is 2.13. The topological polar surface area (TPSA) is 50.7 Å². The molecule has 0 aromatic carbocycles. The van der Waals surface area contributed by atoms with Gasteiger partial charge in [0.2, 0.25) is 0 Å². The van der Waals surface area contributed by atoms with E-state index in [-0.39, 0.29) is 6.04 Å². The molecule has 0 aliphatic heterocycles. The van der Waals surface area contributed by atoms with Gasteiger partial charge < -0.3 is 5.32 Å². The number of hydrogen-bond donors (Lipinski definition) is 1. The lowest BCUT2D eigenvalue weighted by Crippen LogP contribution is -2.25. The number of pyridine rings is 1. The zero-order valence-electron chi connectivity index (χ0n) is 10.9. The summed E-state index contributed by atoms with van der Waals surface area (Å²) >= 11 is 3.45. The minimum Gasteiger partial charge on any atom is -0.308 e. The van der Waals surface area contributed by atoms with Crippen molar-refractivity contribution >= 4 is 15.9 Å². The zero-order chi connectivity index (χ0) is 13.5. The Morgan fingerprint density at radius 3 is 2.79 bits per heavy atom. The molecule has 1 unspecified atom stereocenters. The molecule has 0 radical (unpaired) electrons. The van der Waals surface area contributed by atoms with Gasteiger partial charge in [-0.05, 0) is 46.9 Å². The fourth-order valence-corrected chi connectivity index (χ4v) is 2.31. The third-order valence-electron chi connectivity index (χ3n) is 2.78. The van der Waals surface area contributed by atoms with Crippen LogP contribution in [0.5, 0.6) is 0 Å². The predicted octanol–water partition coefficient (Wildman–Crippen LogP) is 2.92. The van der Waals surface area contributed by atoms with E-state index in [4.69, 9.17) is 0 Å². The Kier molecular flexibility index (Phi) is 5.42. The fourth-order valence-electron chi connectivity index (χ4n) is 1.89. The second-order valence-corrected chi connectivity index (χ2v) is 5.27. The van der Waals surface area contributed by atoms with Gasteiger partial charge in [0.15, 0.2) is 0 Å². The van der Waals surface area contributed by atoms with Crippen molar-refractivity contribution in [1.82, 2.24) is 20.3 Å². The number of nitrogens with one attached hydrogen (secondary N) is 1. The lowest BCUT2D eigenvalue weighted by Gasteiger charge is -2.17. The summed E-state index contributed by atoms with van der Waals surface area (Å²) in [6, 6.07) is 2.26. The molecule has 0 saturated heterocycles. The smallest absolute Gasteiger partial charge is 0.0759 e. The molecular formula is C14H17BrN4. The van der Waals surface area contributed by atoms with Crippen LogP contribution >= 0.6 is 15.9 Å². The number of aromatic nitrogens is 3. The van der Waals surface area contributed by atoms with E-state index >= 15 is 0 Å². The van der Waals surface area contributed by atoms with Gasteiger partial charge in [-0.1, -0.05) is 6.92 Å². The van der Waals surface area contributed by atoms with Crippen LogP contribution in [0.2, 0.25) is 0 Å². The molecule has 0 aliphatic rings. The van der Waals surface area contributed by atoms with Crippen LogP contribution in [0.1, 0.15) is 30.6 Å². The van der Waals surface area contributed by atoms with E-state index in [0.717, 1.165) is 29.6 Å².